The molecule has 2 aliphatic rings. The van der Waals surface area contributed by atoms with Gasteiger partial charge in [0.25, 0.3) is 0 Å². The minimum absolute atomic E-state index is 0. The quantitative estimate of drug-likeness (QED) is 0.494. The molecule has 0 radical (unpaired) electrons. The number of benzene rings is 1. The van der Waals surface area contributed by atoms with Crippen molar-refractivity contribution in [2.45, 2.75) is 50.1 Å². The molecule has 0 heterocycles. The van der Waals surface area contributed by atoms with Crippen molar-refractivity contribution in [3.05, 3.63) is 35.9 Å². The first-order valence-corrected chi connectivity index (χ1v) is 7.20. The fraction of sp³-hybridized carbons (Fsp3) is 0.562. The molecular formula is C16H24IN3. The molecule has 0 spiro atoms. The van der Waals surface area contributed by atoms with E-state index >= 15 is 0 Å². The molecule has 3 nitrogen and oxygen atoms in total. The van der Waals surface area contributed by atoms with E-state index in [4.69, 9.17) is 5.73 Å². The third kappa shape index (κ3) is 3.10. The monoisotopic (exact) mass is 385 g/mol. The smallest absolute Gasteiger partial charge is 0.191 e. The molecule has 4 heteroatoms. The largest absolute Gasteiger partial charge is 0.370 e. The van der Waals surface area contributed by atoms with Gasteiger partial charge in [-0.25, -0.2) is 4.99 Å². The summed E-state index contributed by atoms with van der Waals surface area (Å²) < 4.78 is 0. The topological polar surface area (TPSA) is 41.6 Å². The van der Waals surface area contributed by atoms with Gasteiger partial charge in [-0.05, 0) is 36.7 Å². The molecule has 0 amide bonds. The van der Waals surface area contributed by atoms with Crippen LogP contribution in [0.25, 0.3) is 0 Å². The maximum atomic E-state index is 6.07. The van der Waals surface area contributed by atoms with Gasteiger partial charge in [-0.3, -0.25) is 0 Å². The van der Waals surface area contributed by atoms with Crippen LogP contribution in [0, 0.1) is 0 Å². The summed E-state index contributed by atoms with van der Waals surface area (Å²) in [6.45, 7) is 2.33. The highest BCUT2D eigenvalue weighted by molar-refractivity contribution is 14.0. The molecule has 0 atom stereocenters. The first kappa shape index (κ1) is 15.6. The van der Waals surface area contributed by atoms with Crippen molar-refractivity contribution in [3.8, 4) is 0 Å². The zero-order valence-electron chi connectivity index (χ0n) is 12.2. The average molecular weight is 385 g/mol. The van der Waals surface area contributed by atoms with Gasteiger partial charge < -0.3 is 10.6 Å². The second-order valence-corrected chi connectivity index (χ2v) is 6.32. The highest BCUT2D eigenvalue weighted by Crippen LogP contribution is 2.45. The Kier molecular flexibility index (Phi) is 4.62. The molecule has 2 saturated carbocycles. The lowest BCUT2D eigenvalue weighted by Gasteiger charge is -2.44. The van der Waals surface area contributed by atoms with Crippen LogP contribution in [0.2, 0.25) is 0 Å². The number of nitrogens with two attached hydrogens (primary N) is 1. The molecule has 2 aliphatic carbocycles. The van der Waals surface area contributed by atoms with Crippen LogP contribution in [0.3, 0.4) is 0 Å². The van der Waals surface area contributed by atoms with Gasteiger partial charge in [-0.2, -0.15) is 0 Å². The van der Waals surface area contributed by atoms with Gasteiger partial charge in [0.05, 0.1) is 6.04 Å². The van der Waals surface area contributed by atoms with Gasteiger partial charge in [0.2, 0.25) is 0 Å². The number of guanidine groups is 1. The van der Waals surface area contributed by atoms with Gasteiger partial charge in [-0.1, -0.05) is 37.3 Å². The average Bonchev–Trinajstić information content (AvgIpc) is 3.21. The first-order chi connectivity index (χ1) is 9.08. The SMILES string of the molecule is CN(C(N)=NC1CC(C)(c2ccccc2)C1)C1CC1.I. The summed E-state index contributed by atoms with van der Waals surface area (Å²) in [6.07, 6.45) is 4.74. The number of halogens is 1. The fourth-order valence-corrected chi connectivity index (χ4v) is 3.07. The molecule has 2 N–H and O–H groups in total. The summed E-state index contributed by atoms with van der Waals surface area (Å²) in [5, 5.41) is 0. The molecule has 110 valence electrons. The molecule has 0 aliphatic heterocycles. The van der Waals surface area contributed by atoms with Gasteiger partial charge >= 0.3 is 0 Å². The molecule has 0 unspecified atom stereocenters. The van der Waals surface area contributed by atoms with Gasteiger partial charge in [-0.15, -0.1) is 24.0 Å². The number of rotatable bonds is 3. The maximum absolute atomic E-state index is 6.07. The Balaban J connectivity index is 0.00000147. The van der Waals surface area contributed by atoms with E-state index in [1.54, 1.807) is 0 Å². The van der Waals surface area contributed by atoms with Crippen molar-refractivity contribution in [3.63, 3.8) is 0 Å². The fourth-order valence-electron chi connectivity index (χ4n) is 3.07. The normalized spacial score (nSPS) is 29.3. The van der Waals surface area contributed by atoms with E-state index in [0.29, 0.717) is 12.1 Å². The van der Waals surface area contributed by atoms with Crippen LogP contribution in [0.4, 0.5) is 0 Å². The Morgan fingerprint density at radius 3 is 2.40 bits per heavy atom. The molecule has 0 aromatic heterocycles. The van der Waals surface area contributed by atoms with Crippen LogP contribution in [-0.4, -0.2) is 30.0 Å². The summed E-state index contributed by atoms with van der Waals surface area (Å²) in [6, 6.07) is 11.8. The zero-order valence-corrected chi connectivity index (χ0v) is 14.6. The summed E-state index contributed by atoms with van der Waals surface area (Å²) in [5.74, 6) is 0.725. The van der Waals surface area contributed by atoms with E-state index in [9.17, 15) is 0 Å². The number of nitrogens with zero attached hydrogens (tertiary/aromatic N) is 2. The molecule has 1 aromatic rings. The van der Waals surface area contributed by atoms with E-state index < -0.39 is 0 Å². The van der Waals surface area contributed by atoms with Crippen molar-refractivity contribution >= 4 is 29.9 Å². The molecule has 3 rings (SSSR count). The molecule has 2 fully saturated rings. The third-order valence-electron chi connectivity index (χ3n) is 4.61. The second kappa shape index (κ2) is 5.92. The predicted molar refractivity (Wildman–Crippen MR) is 94.6 cm³/mol. The number of hydrogen-bond donors (Lipinski definition) is 1. The van der Waals surface area contributed by atoms with Crippen LogP contribution in [0.15, 0.2) is 35.3 Å². The van der Waals surface area contributed by atoms with Crippen LogP contribution >= 0.6 is 24.0 Å². The Morgan fingerprint density at radius 2 is 1.85 bits per heavy atom. The van der Waals surface area contributed by atoms with Crippen molar-refractivity contribution in [2.24, 2.45) is 10.7 Å². The Labute approximate surface area is 138 Å². The highest BCUT2D eigenvalue weighted by atomic mass is 127. The van der Waals surface area contributed by atoms with Crippen molar-refractivity contribution in [2.75, 3.05) is 7.05 Å². The van der Waals surface area contributed by atoms with E-state index in [1.165, 1.54) is 18.4 Å². The number of aliphatic imine (C=N–C) groups is 1. The lowest BCUT2D eigenvalue weighted by molar-refractivity contribution is 0.227. The standard InChI is InChI=1S/C16H23N3.HI/c1-16(12-6-4-3-5-7-12)10-13(11-16)18-15(17)19(2)14-8-9-14;/h3-7,13-14H,8-11H2,1-2H3,(H2,17,18);1H. The molecular weight excluding hydrogens is 361 g/mol. The zero-order chi connectivity index (χ0) is 13.5. The van der Waals surface area contributed by atoms with Crippen LogP contribution in [0.1, 0.15) is 38.2 Å². The summed E-state index contributed by atoms with van der Waals surface area (Å²) >= 11 is 0. The van der Waals surface area contributed by atoms with E-state index in [0.717, 1.165) is 18.8 Å². The molecule has 0 bridgehead atoms. The predicted octanol–water partition coefficient (Wildman–Crippen LogP) is 3.13. The lowest BCUT2D eigenvalue weighted by atomic mass is 9.63. The lowest BCUT2D eigenvalue weighted by Crippen LogP contribution is -2.44. The van der Waals surface area contributed by atoms with Crippen molar-refractivity contribution < 1.29 is 0 Å². The van der Waals surface area contributed by atoms with Crippen LogP contribution in [-0.2, 0) is 5.41 Å². The summed E-state index contributed by atoms with van der Waals surface area (Å²) in [4.78, 5) is 6.82. The van der Waals surface area contributed by atoms with Crippen molar-refractivity contribution in [1.82, 2.24) is 4.90 Å². The van der Waals surface area contributed by atoms with E-state index in [1.807, 2.05) is 0 Å². The van der Waals surface area contributed by atoms with Gasteiger partial charge in [0.15, 0.2) is 5.96 Å². The molecule has 1 aromatic carbocycles. The maximum Gasteiger partial charge on any atom is 0.191 e. The summed E-state index contributed by atoms with van der Waals surface area (Å²) in [5.41, 5.74) is 7.78. The van der Waals surface area contributed by atoms with Gasteiger partial charge in [0.1, 0.15) is 0 Å². The van der Waals surface area contributed by atoms with E-state index in [-0.39, 0.29) is 29.4 Å². The van der Waals surface area contributed by atoms with Gasteiger partial charge in [0, 0.05) is 13.1 Å². The van der Waals surface area contributed by atoms with E-state index in [2.05, 4.69) is 54.2 Å². The highest BCUT2D eigenvalue weighted by Gasteiger charge is 2.41. The minimum Gasteiger partial charge on any atom is -0.370 e. The molecule has 0 saturated heterocycles. The number of hydrogen-bond acceptors (Lipinski definition) is 1. The van der Waals surface area contributed by atoms with Crippen LogP contribution in [0.5, 0.6) is 0 Å². The minimum atomic E-state index is 0. The molecule has 20 heavy (non-hydrogen) atoms. The third-order valence-corrected chi connectivity index (χ3v) is 4.61. The first-order valence-electron chi connectivity index (χ1n) is 7.20. The van der Waals surface area contributed by atoms with Crippen molar-refractivity contribution in [1.29, 1.82) is 0 Å². The van der Waals surface area contributed by atoms with Crippen LogP contribution < -0.4 is 5.73 Å². The Hall–Kier alpha value is -0.780. The Morgan fingerprint density at radius 1 is 1.25 bits per heavy atom. The Bertz CT molecular complexity index is 476. The second-order valence-electron chi connectivity index (χ2n) is 6.32. The summed E-state index contributed by atoms with van der Waals surface area (Å²) in [7, 11) is 2.06.